The zero-order valence-corrected chi connectivity index (χ0v) is 42.3. The molecule has 0 aliphatic heterocycles. The van der Waals surface area contributed by atoms with E-state index in [1.165, 1.54) is 58.2 Å². The van der Waals surface area contributed by atoms with Crippen LogP contribution in [0.4, 0.5) is 96.6 Å². The van der Waals surface area contributed by atoms with E-state index in [1.54, 1.807) is 0 Å². The summed E-state index contributed by atoms with van der Waals surface area (Å²) in [6.07, 6.45) is -33.6. The van der Waals surface area contributed by atoms with Crippen LogP contribution in [0, 0.1) is 0 Å². The third kappa shape index (κ3) is 10.3. The summed E-state index contributed by atoms with van der Waals surface area (Å²) in [6.45, 7) is -1.64. The van der Waals surface area contributed by atoms with Crippen molar-refractivity contribution in [3.05, 3.63) is 203 Å². The first kappa shape index (κ1) is 58.7. The van der Waals surface area contributed by atoms with Crippen molar-refractivity contribution in [3.8, 4) is 55.9 Å². The third-order valence-electron chi connectivity index (χ3n) is 14.4. The number of halogens is 22. The van der Waals surface area contributed by atoms with Gasteiger partial charge in [0.1, 0.15) is 6.67 Å². The molecular formula is C60H28F22N4. The van der Waals surface area contributed by atoms with Gasteiger partial charge in [-0.2, -0.15) is 92.2 Å². The lowest BCUT2D eigenvalue weighted by Crippen LogP contribution is -2.18. The number of rotatable bonds is 7. The molecule has 442 valence electrons. The zero-order chi connectivity index (χ0) is 62.2. The Bertz CT molecular complexity index is 4420. The second-order valence-corrected chi connectivity index (χ2v) is 19.6. The quantitative estimate of drug-likeness (QED) is 0.149. The summed E-state index contributed by atoms with van der Waals surface area (Å²) in [6, 6.07) is 17.5. The SMILES string of the molecule is FCc1cc(C(F)(F)F)c(-c2ccc(-n3c4ccncc4c4cc(-c5cc(C(F)(F)F)c(-c6ccc7c(c6)c6cnccc6n7-c6ccc(-c7c(C(F)(F)F)cc(C(F)(F)F)cc7C(F)(F)F)cc6)cc5C(F)(F)F)ccc43)cc2)c(C(F)(F)F)c1. The number of hydrogen-bond donors (Lipinski definition) is 0. The highest BCUT2D eigenvalue weighted by atomic mass is 19.4. The molecule has 11 rings (SSSR count). The Morgan fingerprint density at radius 3 is 0.930 bits per heavy atom. The summed E-state index contributed by atoms with van der Waals surface area (Å²) in [5.41, 5.74) is -20.6. The van der Waals surface area contributed by atoms with Crippen molar-refractivity contribution in [2.75, 3.05) is 0 Å². The highest BCUT2D eigenvalue weighted by molar-refractivity contribution is 6.11. The maximum absolute atomic E-state index is 15.4. The number of pyridine rings is 2. The Balaban J connectivity index is 1.02. The number of fused-ring (bicyclic) bond motifs is 6. The van der Waals surface area contributed by atoms with Gasteiger partial charge in [-0.05, 0) is 136 Å². The first-order valence-corrected chi connectivity index (χ1v) is 24.6. The minimum Gasteiger partial charge on any atom is -0.309 e. The summed E-state index contributed by atoms with van der Waals surface area (Å²) >= 11 is 0. The molecule has 0 spiro atoms. The molecule has 7 aromatic carbocycles. The third-order valence-corrected chi connectivity index (χ3v) is 14.4. The van der Waals surface area contributed by atoms with Gasteiger partial charge in [0.25, 0.3) is 0 Å². The van der Waals surface area contributed by atoms with Gasteiger partial charge in [0.2, 0.25) is 0 Å². The van der Waals surface area contributed by atoms with Gasteiger partial charge in [-0.25, -0.2) is 4.39 Å². The zero-order valence-electron chi connectivity index (χ0n) is 42.3. The van der Waals surface area contributed by atoms with E-state index in [0.717, 1.165) is 72.8 Å². The van der Waals surface area contributed by atoms with Gasteiger partial charge >= 0.3 is 43.2 Å². The lowest BCUT2D eigenvalue weighted by molar-refractivity contribution is -0.148. The predicted molar refractivity (Wildman–Crippen MR) is 272 cm³/mol. The number of hydrogen-bond acceptors (Lipinski definition) is 2. The largest absolute Gasteiger partial charge is 0.417 e. The Labute approximate surface area is 466 Å². The van der Waals surface area contributed by atoms with Gasteiger partial charge in [-0.3, -0.25) is 9.97 Å². The molecule has 0 saturated carbocycles. The molecule has 26 heteroatoms. The van der Waals surface area contributed by atoms with Crippen molar-refractivity contribution >= 4 is 43.6 Å². The van der Waals surface area contributed by atoms with Crippen molar-refractivity contribution < 1.29 is 96.6 Å². The van der Waals surface area contributed by atoms with Crippen molar-refractivity contribution in [2.45, 2.75) is 49.9 Å². The Kier molecular flexibility index (Phi) is 13.6. The van der Waals surface area contributed by atoms with E-state index in [-0.39, 0.29) is 73.2 Å². The maximum atomic E-state index is 15.4. The van der Waals surface area contributed by atoms with Crippen LogP contribution in [0.5, 0.6) is 0 Å². The van der Waals surface area contributed by atoms with Gasteiger partial charge in [-0.15, -0.1) is 0 Å². The monoisotopic (exact) mass is 1220 g/mol. The molecular weight excluding hydrogens is 1190 g/mol. The van der Waals surface area contributed by atoms with Crippen molar-refractivity contribution in [3.63, 3.8) is 0 Å². The molecule has 0 bridgehead atoms. The average Bonchev–Trinajstić information content (AvgIpc) is 1.83. The van der Waals surface area contributed by atoms with Crippen LogP contribution in [0.15, 0.2) is 158 Å². The average molecular weight is 1220 g/mol. The molecule has 4 nitrogen and oxygen atoms in total. The first-order chi connectivity index (χ1) is 40.0. The molecule has 0 amide bonds. The number of nitrogens with zero attached hydrogens (tertiary/aromatic N) is 4. The van der Waals surface area contributed by atoms with E-state index in [1.807, 2.05) is 0 Å². The molecule has 0 radical (unpaired) electrons. The van der Waals surface area contributed by atoms with Crippen LogP contribution in [-0.2, 0) is 49.9 Å². The Morgan fingerprint density at radius 1 is 0.302 bits per heavy atom. The predicted octanol–water partition coefficient (Wildman–Crippen LogP) is 20.9. The van der Waals surface area contributed by atoms with E-state index in [4.69, 9.17) is 0 Å². The van der Waals surface area contributed by atoms with E-state index in [0.29, 0.717) is 6.07 Å². The van der Waals surface area contributed by atoms with Crippen LogP contribution >= 0.6 is 0 Å². The fourth-order valence-electron chi connectivity index (χ4n) is 10.8. The van der Waals surface area contributed by atoms with Gasteiger partial charge < -0.3 is 9.13 Å². The van der Waals surface area contributed by atoms with E-state index in [9.17, 15) is 70.2 Å². The summed E-state index contributed by atoms with van der Waals surface area (Å²) in [5.74, 6) is 0. The van der Waals surface area contributed by atoms with Crippen LogP contribution in [0.1, 0.15) is 44.5 Å². The normalized spacial score (nSPS) is 13.3. The topological polar surface area (TPSA) is 35.6 Å². The first-order valence-electron chi connectivity index (χ1n) is 24.6. The molecule has 4 aromatic heterocycles. The molecule has 0 saturated heterocycles. The number of alkyl halides is 22. The molecule has 0 atom stereocenters. The fraction of sp³-hybridized carbons (Fsp3) is 0.133. The van der Waals surface area contributed by atoms with Gasteiger partial charge in [-0.1, -0.05) is 36.4 Å². The standard InChI is InChI=1S/C60H28F22N4/c61-25-28-17-44(57(71,72)73)52(45(18-28)58(74,75)76)29-1-7-34(8-2-29)85-48-11-5-31(19-38(48)40-26-83-15-13-50(40)85)36-23-43(56(68,69)70)37(24-42(36)55(65,66)67)32-6-12-49-39(20-32)41-27-84-16-14-51(41)86(49)35-9-3-30(4-10-35)53-46(59(77,78)79)21-33(54(62,63)64)22-47(53)60(80,81)82/h1-24,26-27H,25H2. The van der Waals surface area contributed by atoms with Gasteiger partial charge in [0.05, 0.1) is 61.0 Å². The summed E-state index contributed by atoms with van der Waals surface area (Å²) < 4.78 is 321. The van der Waals surface area contributed by atoms with Crippen LogP contribution in [-0.4, -0.2) is 19.1 Å². The molecule has 11 aromatic rings. The van der Waals surface area contributed by atoms with Gasteiger partial charge in [0, 0.05) is 68.8 Å². The van der Waals surface area contributed by atoms with Crippen molar-refractivity contribution in [1.29, 1.82) is 0 Å². The lowest BCUT2D eigenvalue weighted by atomic mass is 9.89. The number of aromatic nitrogens is 4. The molecule has 0 fully saturated rings. The highest BCUT2D eigenvalue weighted by Crippen LogP contribution is 2.51. The smallest absolute Gasteiger partial charge is 0.309 e. The van der Waals surface area contributed by atoms with Crippen LogP contribution < -0.4 is 0 Å². The lowest BCUT2D eigenvalue weighted by Gasteiger charge is -2.22. The second kappa shape index (κ2) is 20.0. The van der Waals surface area contributed by atoms with Crippen LogP contribution in [0.3, 0.4) is 0 Å². The summed E-state index contributed by atoms with van der Waals surface area (Å²) in [4.78, 5) is 8.12. The molecule has 4 heterocycles. The molecule has 0 aliphatic rings. The second-order valence-electron chi connectivity index (χ2n) is 19.6. The van der Waals surface area contributed by atoms with Crippen LogP contribution in [0.2, 0.25) is 0 Å². The minimum atomic E-state index is -5.73. The van der Waals surface area contributed by atoms with Crippen LogP contribution in [0.25, 0.3) is 99.5 Å². The minimum absolute atomic E-state index is 0.0146. The Morgan fingerprint density at radius 2 is 0.616 bits per heavy atom. The van der Waals surface area contributed by atoms with Crippen molar-refractivity contribution in [2.24, 2.45) is 0 Å². The van der Waals surface area contributed by atoms with E-state index >= 15 is 26.3 Å². The fourth-order valence-corrected chi connectivity index (χ4v) is 10.8. The Hall–Kier alpha value is -9.10. The summed E-state index contributed by atoms with van der Waals surface area (Å²) in [7, 11) is 0. The summed E-state index contributed by atoms with van der Waals surface area (Å²) in [5, 5.41) is 0.460. The number of benzene rings is 7. The van der Waals surface area contributed by atoms with Gasteiger partial charge in [0.15, 0.2) is 0 Å². The molecule has 0 unspecified atom stereocenters. The van der Waals surface area contributed by atoms with E-state index in [2.05, 4.69) is 9.97 Å². The highest BCUT2D eigenvalue weighted by Gasteiger charge is 2.46. The maximum Gasteiger partial charge on any atom is 0.417 e. The van der Waals surface area contributed by atoms with E-state index < -0.39 is 151 Å². The molecule has 86 heavy (non-hydrogen) atoms. The molecule has 0 N–H and O–H groups in total. The molecule has 0 aliphatic carbocycles. The van der Waals surface area contributed by atoms with Crippen molar-refractivity contribution in [1.82, 2.24) is 19.1 Å².